The van der Waals surface area contributed by atoms with Crippen molar-refractivity contribution in [3.05, 3.63) is 23.9 Å². The molecular weight excluding hydrogens is 190 g/mol. The summed E-state index contributed by atoms with van der Waals surface area (Å²) in [5.41, 5.74) is 1.16. The Morgan fingerprint density at radius 1 is 1.53 bits per heavy atom. The second-order valence-electron chi connectivity index (χ2n) is 3.87. The van der Waals surface area contributed by atoms with Crippen molar-refractivity contribution < 1.29 is 4.74 Å². The number of aromatic nitrogens is 1. The normalized spacial score (nSPS) is 21.3. The minimum Gasteiger partial charge on any atom is -0.371 e. The van der Waals surface area contributed by atoms with E-state index in [4.69, 9.17) is 4.74 Å². The molecule has 4 heteroatoms. The van der Waals surface area contributed by atoms with Crippen LogP contribution in [0.2, 0.25) is 0 Å². The summed E-state index contributed by atoms with van der Waals surface area (Å²) in [6, 6.07) is 4.04. The number of hydrogen-bond acceptors (Lipinski definition) is 4. The zero-order valence-corrected chi connectivity index (χ0v) is 9.23. The van der Waals surface area contributed by atoms with E-state index < -0.39 is 0 Å². The van der Waals surface area contributed by atoms with E-state index in [2.05, 4.69) is 16.4 Å². The first-order chi connectivity index (χ1) is 7.29. The molecule has 1 unspecified atom stereocenters. The van der Waals surface area contributed by atoms with Crippen LogP contribution in [-0.4, -0.2) is 38.8 Å². The van der Waals surface area contributed by atoms with E-state index >= 15 is 0 Å². The average Bonchev–Trinajstić information content (AvgIpc) is 2.30. The molecule has 0 aromatic carbocycles. The summed E-state index contributed by atoms with van der Waals surface area (Å²) in [6.45, 7) is 2.58. The summed E-state index contributed by atoms with van der Waals surface area (Å²) in [4.78, 5) is 6.39. The molecule has 0 bridgehead atoms. The number of rotatable bonds is 2. The third-order valence-electron chi connectivity index (χ3n) is 2.51. The summed E-state index contributed by atoms with van der Waals surface area (Å²) in [5.74, 6) is 0.992. The Labute approximate surface area is 90.3 Å². The molecule has 1 aromatic heterocycles. The fourth-order valence-electron chi connectivity index (χ4n) is 1.80. The molecule has 1 fully saturated rings. The van der Waals surface area contributed by atoms with Crippen LogP contribution in [-0.2, 0) is 4.74 Å². The van der Waals surface area contributed by atoms with Crippen LogP contribution in [0.4, 0.5) is 5.82 Å². The first-order valence-corrected chi connectivity index (χ1v) is 5.23. The minimum atomic E-state index is 0.129. The van der Waals surface area contributed by atoms with E-state index in [9.17, 15) is 0 Å². The lowest BCUT2D eigenvalue weighted by Crippen LogP contribution is -2.34. The number of nitrogens with zero attached hydrogens (tertiary/aromatic N) is 2. The van der Waals surface area contributed by atoms with Gasteiger partial charge in [-0.2, -0.15) is 0 Å². The number of pyridine rings is 1. The molecule has 1 aliphatic heterocycles. The van der Waals surface area contributed by atoms with Gasteiger partial charge in [-0.1, -0.05) is 6.07 Å². The first kappa shape index (κ1) is 10.4. The predicted octanol–water partition coefficient (Wildman–Crippen LogP) is 0.808. The maximum atomic E-state index is 5.73. The van der Waals surface area contributed by atoms with Crippen LogP contribution in [0.3, 0.4) is 0 Å². The maximum absolute atomic E-state index is 5.73. The Bertz CT molecular complexity index is 321. The van der Waals surface area contributed by atoms with E-state index in [1.165, 1.54) is 0 Å². The van der Waals surface area contributed by atoms with Crippen molar-refractivity contribution in [1.82, 2.24) is 10.3 Å². The van der Waals surface area contributed by atoms with Gasteiger partial charge in [0.15, 0.2) is 0 Å². The Morgan fingerprint density at radius 2 is 2.40 bits per heavy atom. The van der Waals surface area contributed by atoms with Gasteiger partial charge < -0.3 is 15.0 Å². The van der Waals surface area contributed by atoms with E-state index in [0.717, 1.165) is 31.1 Å². The highest BCUT2D eigenvalue weighted by molar-refractivity contribution is 5.46. The molecule has 82 valence electrons. The lowest BCUT2D eigenvalue weighted by molar-refractivity contribution is 0.0278. The predicted molar refractivity (Wildman–Crippen MR) is 60.1 cm³/mol. The molecule has 0 saturated carbocycles. The van der Waals surface area contributed by atoms with Crippen LogP contribution in [0, 0.1) is 0 Å². The summed E-state index contributed by atoms with van der Waals surface area (Å²) in [6.07, 6.45) is 1.94. The molecule has 1 N–H and O–H groups in total. The van der Waals surface area contributed by atoms with Crippen LogP contribution in [0.1, 0.15) is 11.7 Å². The average molecular weight is 207 g/mol. The molecule has 0 aliphatic carbocycles. The van der Waals surface area contributed by atoms with E-state index in [1.807, 2.05) is 31.3 Å². The molecule has 1 atom stereocenters. The lowest BCUT2D eigenvalue weighted by Gasteiger charge is -2.26. The van der Waals surface area contributed by atoms with Gasteiger partial charge in [0, 0.05) is 38.9 Å². The molecule has 1 saturated heterocycles. The number of anilines is 1. The van der Waals surface area contributed by atoms with E-state index in [1.54, 1.807) is 0 Å². The van der Waals surface area contributed by atoms with Crippen LogP contribution in [0.15, 0.2) is 18.3 Å². The van der Waals surface area contributed by atoms with Gasteiger partial charge in [-0.05, 0) is 6.07 Å². The van der Waals surface area contributed by atoms with Crippen molar-refractivity contribution in [2.45, 2.75) is 6.10 Å². The molecule has 0 radical (unpaired) electrons. The van der Waals surface area contributed by atoms with Crippen molar-refractivity contribution in [1.29, 1.82) is 0 Å². The topological polar surface area (TPSA) is 37.4 Å². The van der Waals surface area contributed by atoms with Gasteiger partial charge in [-0.15, -0.1) is 0 Å². The smallest absolute Gasteiger partial charge is 0.133 e. The van der Waals surface area contributed by atoms with Crippen molar-refractivity contribution in [3.8, 4) is 0 Å². The summed E-state index contributed by atoms with van der Waals surface area (Å²) in [7, 11) is 4.00. The molecule has 2 heterocycles. The van der Waals surface area contributed by atoms with Gasteiger partial charge in [0.1, 0.15) is 5.82 Å². The minimum absolute atomic E-state index is 0.129. The first-order valence-electron chi connectivity index (χ1n) is 5.23. The molecule has 4 nitrogen and oxygen atoms in total. The van der Waals surface area contributed by atoms with Gasteiger partial charge in [-0.3, -0.25) is 0 Å². The Balaban J connectivity index is 2.25. The molecule has 1 aromatic rings. The maximum Gasteiger partial charge on any atom is 0.133 e. The Hall–Kier alpha value is -1.13. The van der Waals surface area contributed by atoms with Crippen molar-refractivity contribution in [2.24, 2.45) is 0 Å². The lowest BCUT2D eigenvalue weighted by atomic mass is 10.1. The van der Waals surface area contributed by atoms with E-state index in [0.29, 0.717) is 0 Å². The monoisotopic (exact) mass is 207 g/mol. The summed E-state index contributed by atoms with van der Waals surface area (Å²) < 4.78 is 5.73. The fraction of sp³-hybridized carbons (Fsp3) is 0.545. The van der Waals surface area contributed by atoms with Crippen LogP contribution in [0.25, 0.3) is 0 Å². The van der Waals surface area contributed by atoms with Gasteiger partial charge in [-0.25, -0.2) is 4.98 Å². The van der Waals surface area contributed by atoms with Crippen LogP contribution >= 0.6 is 0 Å². The standard InChI is InChI=1S/C11H17N3O/c1-14(2)11-9(4-3-5-13-11)10-8-12-6-7-15-10/h3-5,10,12H,6-8H2,1-2H3. The number of morpholine rings is 1. The fourth-order valence-corrected chi connectivity index (χ4v) is 1.80. The zero-order valence-electron chi connectivity index (χ0n) is 9.23. The highest BCUT2D eigenvalue weighted by Gasteiger charge is 2.19. The molecule has 0 amide bonds. The van der Waals surface area contributed by atoms with Gasteiger partial charge >= 0.3 is 0 Å². The van der Waals surface area contributed by atoms with Crippen molar-refractivity contribution in [2.75, 3.05) is 38.7 Å². The summed E-state index contributed by atoms with van der Waals surface area (Å²) >= 11 is 0. The second-order valence-corrected chi connectivity index (χ2v) is 3.87. The molecule has 0 spiro atoms. The molecule has 2 rings (SSSR count). The Morgan fingerprint density at radius 3 is 3.07 bits per heavy atom. The largest absolute Gasteiger partial charge is 0.371 e. The second kappa shape index (κ2) is 4.59. The quantitative estimate of drug-likeness (QED) is 0.778. The highest BCUT2D eigenvalue weighted by atomic mass is 16.5. The third-order valence-corrected chi connectivity index (χ3v) is 2.51. The number of ether oxygens (including phenoxy) is 1. The zero-order chi connectivity index (χ0) is 10.7. The number of nitrogens with one attached hydrogen (secondary N) is 1. The SMILES string of the molecule is CN(C)c1ncccc1C1CNCCO1. The summed E-state index contributed by atoms with van der Waals surface area (Å²) in [5, 5.41) is 3.33. The Kier molecular flexibility index (Phi) is 3.18. The third kappa shape index (κ3) is 2.27. The highest BCUT2D eigenvalue weighted by Crippen LogP contribution is 2.25. The van der Waals surface area contributed by atoms with Crippen molar-refractivity contribution in [3.63, 3.8) is 0 Å². The molecular formula is C11H17N3O. The van der Waals surface area contributed by atoms with Crippen LogP contribution in [0.5, 0.6) is 0 Å². The molecule has 15 heavy (non-hydrogen) atoms. The van der Waals surface area contributed by atoms with Gasteiger partial charge in [0.25, 0.3) is 0 Å². The number of hydrogen-bond donors (Lipinski definition) is 1. The molecule has 1 aliphatic rings. The van der Waals surface area contributed by atoms with Crippen LogP contribution < -0.4 is 10.2 Å². The van der Waals surface area contributed by atoms with Gasteiger partial charge in [0.05, 0.1) is 12.7 Å². The van der Waals surface area contributed by atoms with Gasteiger partial charge in [0.2, 0.25) is 0 Å². The van der Waals surface area contributed by atoms with E-state index in [-0.39, 0.29) is 6.10 Å². The van der Waals surface area contributed by atoms with Crippen molar-refractivity contribution >= 4 is 5.82 Å².